The molecule has 0 amide bonds. The Bertz CT molecular complexity index is 517. The number of hydrogen-bond donors (Lipinski definition) is 1. The second-order valence-electron chi connectivity index (χ2n) is 4.35. The Labute approximate surface area is 110 Å². The van der Waals surface area contributed by atoms with Gasteiger partial charge in [-0.1, -0.05) is 11.3 Å². The van der Waals surface area contributed by atoms with Crippen LogP contribution in [0.4, 0.5) is 10.3 Å². The molecule has 0 saturated heterocycles. The van der Waals surface area contributed by atoms with Crippen LogP contribution in [0.3, 0.4) is 0 Å². The molecule has 18 heavy (non-hydrogen) atoms. The molecule has 0 saturated carbocycles. The Morgan fingerprint density at radius 1 is 1.39 bits per heavy atom. The number of nitrogens with two attached hydrogens (primary N) is 1. The summed E-state index contributed by atoms with van der Waals surface area (Å²) in [5, 5.41) is 13.6. The fraction of sp³-hybridized carbons (Fsp3) is 0.545. The summed E-state index contributed by atoms with van der Waals surface area (Å²) in [5.41, 5.74) is 7.83. The molecule has 2 N–H and O–H groups in total. The molecular formula is C11H18N6S. The maximum Gasteiger partial charge on any atom is 0.209 e. The third-order valence-electron chi connectivity index (χ3n) is 2.72. The SMILES string of the molecule is Cc1cc(C)n(CCCN(C)c2nnc(N)s2)n1. The van der Waals surface area contributed by atoms with Gasteiger partial charge in [-0.25, -0.2) is 0 Å². The predicted molar refractivity (Wildman–Crippen MR) is 73.9 cm³/mol. The van der Waals surface area contributed by atoms with E-state index >= 15 is 0 Å². The summed E-state index contributed by atoms with van der Waals surface area (Å²) in [4.78, 5) is 2.07. The highest BCUT2D eigenvalue weighted by molar-refractivity contribution is 7.18. The molecular weight excluding hydrogens is 248 g/mol. The number of nitrogens with zero attached hydrogens (tertiary/aromatic N) is 5. The maximum absolute atomic E-state index is 5.56. The maximum atomic E-state index is 5.56. The van der Waals surface area contributed by atoms with Gasteiger partial charge in [-0.2, -0.15) is 5.10 Å². The van der Waals surface area contributed by atoms with Gasteiger partial charge in [0.1, 0.15) is 0 Å². The monoisotopic (exact) mass is 266 g/mol. The summed E-state index contributed by atoms with van der Waals surface area (Å²) in [6, 6.07) is 2.09. The molecule has 98 valence electrons. The summed E-state index contributed by atoms with van der Waals surface area (Å²) in [6.45, 7) is 5.92. The van der Waals surface area contributed by atoms with Crippen LogP contribution < -0.4 is 10.6 Å². The van der Waals surface area contributed by atoms with Crippen molar-refractivity contribution < 1.29 is 0 Å². The molecule has 6 nitrogen and oxygen atoms in total. The summed E-state index contributed by atoms with van der Waals surface area (Å²) < 4.78 is 2.04. The van der Waals surface area contributed by atoms with E-state index in [9.17, 15) is 0 Å². The van der Waals surface area contributed by atoms with E-state index in [-0.39, 0.29) is 0 Å². The fourth-order valence-corrected chi connectivity index (χ4v) is 2.43. The molecule has 2 aromatic rings. The molecule has 0 unspecified atom stereocenters. The molecule has 0 aromatic carbocycles. The number of hydrogen-bond acceptors (Lipinski definition) is 6. The van der Waals surface area contributed by atoms with Gasteiger partial charge in [-0.3, -0.25) is 4.68 Å². The van der Waals surface area contributed by atoms with Crippen LogP contribution in [0.5, 0.6) is 0 Å². The van der Waals surface area contributed by atoms with Crippen molar-refractivity contribution in [1.82, 2.24) is 20.0 Å². The lowest BCUT2D eigenvalue weighted by molar-refractivity contribution is 0.561. The van der Waals surface area contributed by atoms with Crippen LogP contribution in [0, 0.1) is 13.8 Å². The van der Waals surface area contributed by atoms with Crippen molar-refractivity contribution in [3.8, 4) is 0 Å². The van der Waals surface area contributed by atoms with E-state index in [1.54, 1.807) is 0 Å². The molecule has 0 fully saturated rings. The molecule has 7 heteroatoms. The van der Waals surface area contributed by atoms with Crippen molar-refractivity contribution in [3.63, 3.8) is 0 Å². The van der Waals surface area contributed by atoms with Gasteiger partial charge >= 0.3 is 0 Å². The van der Waals surface area contributed by atoms with E-state index < -0.39 is 0 Å². The number of aryl methyl sites for hydroxylation is 3. The smallest absolute Gasteiger partial charge is 0.209 e. The Morgan fingerprint density at radius 2 is 2.17 bits per heavy atom. The number of nitrogen functional groups attached to an aromatic ring is 1. The lowest BCUT2D eigenvalue weighted by Gasteiger charge is -2.14. The molecule has 2 aromatic heterocycles. The van der Waals surface area contributed by atoms with E-state index in [0.29, 0.717) is 5.13 Å². The summed E-state index contributed by atoms with van der Waals surface area (Å²) >= 11 is 1.41. The molecule has 0 spiro atoms. The van der Waals surface area contributed by atoms with Crippen LogP contribution in [0.25, 0.3) is 0 Å². The van der Waals surface area contributed by atoms with Gasteiger partial charge in [0.2, 0.25) is 10.3 Å². The predicted octanol–water partition coefficient (Wildman–Crippen LogP) is 1.46. The first-order valence-electron chi connectivity index (χ1n) is 5.87. The average Bonchev–Trinajstić information content (AvgIpc) is 2.86. The number of rotatable bonds is 5. The minimum absolute atomic E-state index is 0.510. The standard InChI is InChI=1S/C11H18N6S/c1-8-7-9(2)17(15-8)6-4-5-16(3)11-14-13-10(12)18-11/h7H,4-6H2,1-3H3,(H2,12,13). The van der Waals surface area contributed by atoms with E-state index in [1.165, 1.54) is 17.0 Å². The zero-order chi connectivity index (χ0) is 13.1. The Balaban J connectivity index is 1.83. The molecule has 2 heterocycles. The number of anilines is 2. The van der Waals surface area contributed by atoms with Gasteiger partial charge in [0.25, 0.3) is 0 Å². The highest BCUT2D eigenvalue weighted by Crippen LogP contribution is 2.20. The van der Waals surface area contributed by atoms with Gasteiger partial charge in [0.05, 0.1) is 5.69 Å². The van der Waals surface area contributed by atoms with Crippen LogP contribution in [0.1, 0.15) is 17.8 Å². The van der Waals surface area contributed by atoms with Crippen molar-refractivity contribution in [2.24, 2.45) is 0 Å². The van der Waals surface area contributed by atoms with Crippen LogP contribution in [0.2, 0.25) is 0 Å². The molecule has 0 atom stereocenters. The fourth-order valence-electron chi connectivity index (χ4n) is 1.84. The van der Waals surface area contributed by atoms with E-state index in [2.05, 4.69) is 33.2 Å². The van der Waals surface area contributed by atoms with Gasteiger partial charge < -0.3 is 10.6 Å². The van der Waals surface area contributed by atoms with E-state index in [1.807, 2.05) is 18.7 Å². The Morgan fingerprint density at radius 3 is 2.72 bits per heavy atom. The third kappa shape index (κ3) is 2.98. The lowest BCUT2D eigenvalue weighted by Crippen LogP contribution is -2.20. The first-order valence-corrected chi connectivity index (χ1v) is 6.69. The highest BCUT2D eigenvalue weighted by Gasteiger charge is 2.07. The van der Waals surface area contributed by atoms with Crippen molar-refractivity contribution in [1.29, 1.82) is 0 Å². The quantitative estimate of drug-likeness (QED) is 0.887. The van der Waals surface area contributed by atoms with Crippen LogP contribution in [-0.4, -0.2) is 33.6 Å². The summed E-state index contributed by atoms with van der Waals surface area (Å²) in [6.07, 6.45) is 1.01. The van der Waals surface area contributed by atoms with Crippen LogP contribution >= 0.6 is 11.3 Å². The molecule has 0 radical (unpaired) electrons. The van der Waals surface area contributed by atoms with E-state index in [4.69, 9.17) is 5.73 Å². The topological polar surface area (TPSA) is 72.9 Å². The van der Waals surface area contributed by atoms with Gasteiger partial charge in [-0.05, 0) is 26.3 Å². The first-order chi connectivity index (χ1) is 8.56. The summed E-state index contributed by atoms with van der Waals surface area (Å²) in [5.74, 6) is 0. The summed E-state index contributed by atoms with van der Waals surface area (Å²) in [7, 11) is 2.00. The van der Waals surface area contributed by atoms with Gasteiger partial charge in [-0.15, -0.1) is 10.2 Å². The van der Waals surface area contributed by atoms with Crippen molar-refractivity contribution in [2.75, 3.05) is 24.2 Å². The lowest BCUT2D eigenvalue weighted by atomic mass is 10.4. The Kier molecular flexibility index (Phi) is 3.81. The Hall–Kier alpha value is -1.63. The minimum Gasteiger partial charge on any atom is -0.374 e. The largest absolute Gasteiger partial charge is 0.374 e. The second kappa shape index (κ2) is 5.34. The van der Waals surface area contributed by atoms with Crippen molar-refractivity contribution in [2.45, 2.75) is 26.8 Å². The zero-order valence-electron chi connectivity index (χ0n) is 10.9. The van der Waals surface area contributed by atoms with Gasteiger partial charge in [0, 0.05) is 25.8 Å². The van der Waals surface area contributed by atoms with Crippen molar-refractivity contribution >= 4 is 21.6 Å². The molecule has 0 bridgehead atoms. The number of aromatic nitrogens is 4. The zero-order valence-corrected chi connectivity index (χ0v) is 11.7. The minimum atomic E-state index is 0.510. The third-order valence-corrected chi connectivity index (χ3v) is 3.59. The van der Waals surface area contributed by atoms with E-state index in [0.717, 1.165) is 30.3 Å². The second-order valence-corrected chi connectivity index (χ2v) is 5.34. The normalized spacial score (nSPS) is 10.8. The van der Waals surface area contributed by atoms with Crippen LogP contribution in [0.15, 0.2) is 6.07 Å². The van der Waals surface area contributed by atoms with Crippen molar-refractivity contribution in [3.05, 3.63) is 17.5 Å². The highest BCUT2D eigenvalue weighted by atomic mass is 32.1. The molecule has 0 aliphatic heterocycles. The van der Waals surface area contributed by atoms with Crippen LogP contribution in [-0.2, 0) is 6.54 Å². The molecule has 0 aliphatic rings. The molecule has 2 rings (SSSR count). The first kappa shape index (κ1) is 12.8. The molecule has 0 aliphatic carbocycles. The van der Waals surface area contributed by atoms with Gasteiger partial charge in [0.15, 0.2) is 0 Å². The average molecular weight is 266 g/mol.